The van der Waals surface area contributed by atoms with Crippen molar-refractivity contribution in [1.29, 1.82) is 0 Å². The number of nitrogens with zero attached hydrogens (tertiary/aromatic N) is 4. The van der Waals surface area contributed by atoms with Crippen molar-refractivity contribution < 1.29 is 14.0 Å². The van der Waals surface area contributed by atoms with Gasteiger partial charge in [0.2, 0.25) is 0 Å². The number of anilines is 1. The number of hydrogen-bond acceptors (Lipinski definition) is 4. The highest BCUT2D eigenvalue weighted by atomic mass is 19.1. The summed E-state index contributed by atoms with van der Waals surface area (Å²) in [6.45, 7) is 4.25. The van der Waals surface area contributed by atoms with Crippen molar-refractivity contribution in [2.24, 2.45) is 0 Å². The molecule has 1 saturated heterocycles. The Morgan fingerprint density at radius 3 is 2.15 bits per heavy atom. The lowest BCUT2D eigenvalue weighted by Crippen LogP contribution is -2.49. The van der Waals surface area contributed by atoms with Crippen LogP contribution in [0, 0.1) is 5.82 Å². The summed E-state index contributed by atoms with van der Waals surface area (Å²) in [6.07, 6.45) is 3.83. The van der Waals surface area contributed by atoms with Gasteiger partial charge in [-0.25, -0.2) is 9.07 Å². The summed E-state index contributed by atoms with van der Waals surface area (Å²) in [6, 6.07) is 13.9. The second-order valence-corrected chi connectivity index (χ2v) is 8.75. The number of benzene rings is 2. The molecule has 2 aliphatic rings. The summed E-state index contributed by atoms with van der Waals surface area (Å²) >= 11 is 0. The van der Waals surface area contributed by atoms with Crippen molar-refractivity contribution in [1.82, 2.24) is 14.7 Å². The quantitative estimate of drug-likeness (QED) is 0.568. The Hall–Kier alpha value is -3.48. The van der Waals surface area contributed by atoms with Crippen LogP contribution >= 0.6 is 0 Å². The van der Waals surface area contributed by atoms with E-state index in [9.17, 15) is 14.0 Å². The lowest BCUT2D eigenvalue weighted by Gasteiger charge is -2.36. The number of rotatable bonds is 4. The standard InChI is InChI=1S/C26H27FN4O2/c1-18(32)19-6-10-21(11-7-19)29-14-16-30(17-15-29)26(33)25-23-4-2-3-5-24(23)31(28-25)22-12-8-20(27)9-13-22/h6-13H,2-5,14-17H2,1H3. The number of amides is 1. The molecule has 7 heteroatoms. The maximum atomic E-state index is 13.5. The van der Waals surface area contributed by atoms with Gasteiger partial charge >= 0.3 is 0 Å². The van der Waals surface area contributed by atoms with E-state index in [1.165, 1.54) is 12.1 Å². The molecule has 1 aliphatic carbocycles. The first kappa shape index (κ1) is 21.4. The fourth-order valence-corrected chi connectivity index (χ4v) is 4.79. The molecule has 1 aliphatic heterocycles. The second-order valence-electron chi connectivity index (χ2n) is 8.75. The number of aromatic nitrogens is 2. The number of piperazine rings is 1. The van der Waals surface area contributed by atoms with Crippen molar-refractivity contribution in [2.45, 2.75) is 32.6 Å². The van der Waals surface area contributed by atoms with Gasteiger partial charge in [0.1, 0.15) is 5.82 Å². The molecule has 0 radical (unpaired) electrons. The summed E-state index contributed by atoms with van der Waals surface area (Å²) in [7, 11) is 0. The maximum absolute atomic E-state index is 13.5. The highest BCUT2D eigenvalue weighted by molar-refractivity contribution is 5.95. The SMILES string of the molecule is CC(=O)c1ccc(N2CCN(C(=O)c3nn(-c4ccc(F)cc4)c4c3CCCC4)CC2)cc1. The van der Waals surface area contributed by atoms with Crippen LogP contribution in [0.25, 0.3) is 5.69 Å². The molecule has 6 nitrogen and oxygen atoms in total. The normalized spacial score (nSPS) is 15.9. The smallest absolute Gasteiger partial charge is 0.274 e. The van der Waals surface area contributed by atoms with Crippen molar-refractivity contribution >= 4 is 17.4 Å². The molecular formula is C26H27FN4O2. The third kappa shape index (κ3) is 4.15. The summed E-state index contributed by atoms with van der Waals surface area (Å²) < 4.78 is 15.2. The third-order valence-electron chi connectivity index (χ3n) is 6.66. The minimum atomic E-state index is -0.287. The van der Waals surface area contributed by atoms with E-state index in [0.29, 0.717) is 24.3 Å². The molecule has 0 atom stereocenters. The molecule has 0 spiro atoms. The Morgan fingerprint density at radius 1 is 0.848 bits per heavy atom. The van der Waals surface area contributed by atoms with Gasteiger partial charge in [-0.3, -0.25) is 9.59 Å². The monoisotopic (exact) mass is 446 g/mol. The number of Topliss-reactive ketones (excluding diaryl/α,β-unsaturated/α-hetero) is 1. The zero-order valence-electron chi connectivity index (χ0n) is 18.8. The van der Waals surface area contributed by atoms with Gasteiger partial charge in [0.15, 0.2) is 11.5 Å². The van der Waals surface area contributed by atoms with E-state index in [1.54, 1.807) is 19.1 Å². The molecular weight excluding hydrogens is 419 g/mol. The lowest BCUT2D eigenvalue weighted by atomic mass is 9.95. The van der Waals surface area contributed by atoms with Crippen molar-refractivity contribution in [3.8, 4) is 5.69 Å². The summed E-state index contributed by atoms with van der Waals surface area (Å²) in [5, 5.41) is 4.73. The predicted molar refractivity (Wildman–Crippen MR) is 125 cm³/mol. The minimum absolute atomic E-state index is 0.0272. The summed E-state index contributed by atoms with van der Waals surface area (Å²) in [5.41, 5.74) is 5.19. The van der Waals surface area contributed by atoms with Gasteiger partial charge in [-0.2, -0.15) is 5.10 Å². The molecule has 33 heavy (non-hydrogen) atoms. The van der Waals surface area contributed by atoms with E-state index < -0.39 is 0 Å². The highest BCUT2D eigenvalue weighted by Crippen LogP contribution is 2.28. The maximum Gasteiger partial charge on any atom is 0.274 e. The van der Waals surface area contributed by atoms with E-state index in [0.717, 1.165) is 61.4 Å². The van der Waals surface area contributed by atoms with Gasteiger partial charge in [-0.1, -0.05) is 0 Å². The first-order valence-electron chi connectivity index (χ1n) is 11.5. The van der Waals surface area contributed by atoms with Crippen LogP contribution in [0.3, 0.4) is 0 Å². The van der Waals surface area contributed by atoms with Crippen LogP contribution < -0.4 is 4.90 Å². The van der Waals surface area contributed by atoms with Crippen LogP contribution in [-0.4, -0.2) is 52.5 Å². The van der Waals surface area contributed by atoms with E-state index >= 15 is 0 Å². The number of fused-ring (bicyclic) bond motifs is 1. The molecule has 170 valence electrons. The van der Waals surface area contributed by atoms with Gasteiger partial charge in [0, 0.05) is 48.7 Å². The molecule has 1 amide bonds. The summed E-state index contributed by atoms with van der Waals surface area (Å²) in [4.78, 5) is 29.1. The van der Waals surface area contributed by atoms with Gasteiger partial charge in [-0.15, -0.1) is 0 Å². The van der Waals surface area contributed by atoms with Gasteiger partial charge < -0.3 is 9.80 Å². The van der Waals surface area contributed by atoms with Crippen LogP contribution in [-0.2, 0) is 12.8 Å². The predicted octanol–water partition coefficient (Wildman–Crippen LogP) is 4.06. The fraction of sp³-hybridized carbons (Fsp3) is 0.346. The molecule has 0 N–H and O–H groups in total. The Kier molecular flexibility index (Phi) is 5.70. The van der Waals surface area contributed by atoms with Crippen molar-refractivity contribution in [2.75, 3.05) is 31.1 Å². The van der Waals surface area contributed by atoms with Gasteiger partial charge in [0.05, 0.1) is 5.69 Å². The molecule has 0 unspecified atom stereocenters. The average Bonchev–Trinajstić information content (AvgIpc) is 3.24. The number of ketones is 1. The highest BCUT2D eigenvalue weighted by Gasteiger charge is 2.30. The zero-order chi connectivity index (χ0) is 22.9. The second kappa shape index (κ2) is 8.81. The molecule has 0 saturated carbocycles. The van der Waals surface area contributed by atoms with Crippen LogP contribution in [0.4, 0.5) is 10.1 Å². The molecule has 1 aromatic heterocycles. The molecule has 5 rings (SSSR count). The molecule has 1 fully saturated rings. The van der Waals surface area contributed by atoms with Gasteiger partial charge in [-0.05, 0) is 81.1 Å². The average molecular weight is 447 g/mol. The molecule has 3 aromatic rings. The van der Waals surface area contributed by atoms with Crippen molar-refractivity contribution in [3.63, 3.8) is 0 Å². The Morgan fingerprint density at radius 2 is 1.48 bits per heavy atom. The van der Waals surface area contributed by atoms with E-state index in [4.69, 9.17) is 5.10 Å². The molecule has 2 aromatic carbocycles. The van der Waals surface area contributed by atoms with Crippen LogP contribution in [0.5, 0.6) is 0 Å². The Labute approximate surface area is 192 Å². The first-order valence-corrected chi connectivity index (χ1v) is 11.5. The Bertz CT molecular complexity index is 1180. The van der Waals surface area contributed by atoms with Crippen LogP contribution in [0.1, 0.15) is 51.9 Å². The molecule has 0 bridgehead atoms. The zero-order valence-corrected chi connectivity index (χ0v) is 18.8. The number of hydrogen-bond donors (Lipinski definition) is 0. The van der Waals surface area contributed by atoms with Crippen LogP contribution in [0.2, 0.25) is 0 Å². The lowest BCUT2D eigenvalue weighted by molar-refractivity contribution is 0.0739. The third-order valence-corrected chi connectivity index (χ3v) is 6.66. The first-order chi connectivity index (χ1) is 16.0. The number of carbonyl (C=O) groups excluding carboxylic acids is 2. The largest absolute Gasteiger partial charge is 0.368 e. The van der Waals surface area contributed by atoms with E-state index in [2.05, 4.69) is 4.90 Å². The minimum Gasteiger partial charge on any atom is -0.368 e. The van der Waals surface area contributed by atoms with Gasteiger partial charge in [0.25, 0.3) is 5.91 Å². The topological polar surface area (TPSA) is 58.4 Å². The Balaban J connectivity index is 1.34. The van der Waals surface area contributed by atoms with Crippen LogP contribution in [0.15, 0.2) is 48.5 Å². The van der Waals surface area contributed by atoms with E-state index in [-0.39, 0.29) is 17.5 Å². The van der Waals surface area contributed by atoms with Crippen molar-refractivity contribution in [3.05, 3.63) is 76.9 Å². The fourth-order valence-electron chi connectivity index (χ4n) is 4.79. The number of carbonyl (C=O) groups is 2. The summed E-state index contributed by atoms with van der Waals surface area (Å²) in [5.74, 6) is -0.258. The number of halogens is 1. The van der Waals surface area contributed by atoms with E-state index in [1.807, 2.05) is 33.8 Å². The molecule has 2 heterocycles.